The van der Waals surface area contributed by atoms with Gasteiger partial charge in [-0.15, -0.1) is 0 Å². The minimum absolute atomic E-state index is 0.0193. The number of carbonyl (C=O) groups is 1. The number of amides is 1. The molecule has 5 nitrogen and oxygen atoms in total. The molecule has 1 aromatic carbocycles. The zero-order valence-electron chi connectivity index (χ0n) is 11.9. The van der Waals surface area contributed by atoms with Gasteiger partial charge >= 0.3 is 0 Å². The third-order valence-electron chi connectivity index (χ3n) is 3.59. The summed E-state index contributed by atoms with van der Waals surface area (Å²) in [7, 11) is -1.92. The first-order valence-corrected chi connectivity index (χ1v) is 8.50. The van der Waals surface area contributed by atoms with Gasteiger partial charge < -0.3 is 4.90 Å². The van der Waals surface area contributed by atoms with Gasteiger partial charge in [0.1, 0.15) is 5.82 Å². The number of sulfonamides is 1. The Morgan fingerprint density at radius 2 is 2.05 bits per heavy atom. The highest BCUT2D eigenvalue weighted by atomic mass is 32.2. The summed E-state index contributed by atoms with van der Waals surface area (Å²) < 4.78 is 40.3. The molecule has 7 heteroatoms. The van der Waals surface area contributed by atoms with Crippen molar-refractivity contribution in [1.29, 1.82) is 0 Å². The van der Waals surface area contributed by atoms with E-state index in [0.717, 1.165) is 0 Å². The van der Waals surface area contributed by atoms with Crippen molar-refractivity contribution in [1.82, 2.24) is 9.62 Å². The van der Waals surface area contributed by atoms with E-state index in [-0.39, 0.29) is 23.3 Å². The van der Waals surface area contributed by atoms with E-state index in [0.29, 0.717) is 25.8 Å². The quantitative estimate of drug-likeness (QED) is 0.910. The Labute approximate surface area is 124 Å². The molecule has 0 saturated carbocycles. The third-order valence-corrected chi connectivity index (χ3v) is 4.98. The average Bonchev–Trinajstić information content (AvgIpc) is 2.56. The van der Waals surface area contributed by atoms with Crippen LogP contribution in [0.25, 0.3) is 0 Å². The number of hydrogen-bond acceptors (Lipinski definition) is 3. The molecule has 1 unspecified atom stereocenters. The highest BCUT2D eigenvalue weighted by Gasteiger charge is 2.24. The summed E-state index contributed by atoms with van der Waals surface area (Å²) in [6.45, 7) is 0.520. The molecule has 0 aliphatic carbocycles. The Morgan fingerprint density at radius 3 is 2.76 bits per heavy atom. The van der Waals surface area contributed by atoms with Gasteiger partial charge in [0.05, 0.1) is 5.75 Å². The minimum Gasteiger partial charge on any atom is -0.346 e. The predicted octanol–water partition coefficient (Wildman–Crippen LogP) is 1.26. The number of carbonyl (C=O) groups excluding carboxylic acids is 1. The van der Waals surface area contributed by atoms with Gasteiger partial charge in [-0.05, 0) is 18.9 Å². The van der Waals surface area contributed by atoms with Gasteiger partial charge in [0.25, 0.3) is 0 Å². The summed E-state index contributed by atoms with van der Waals surface area (Å²) in [6, 6.07) is 5.54. The molecule has 2 rings (SSSR count). The standard InChI is InChI=1S/C14H19FN2O3S/c1-17-9-8-12(6-7-14(17)18)16-21(19,20)10-11-4-2-3-5-13(11)15/h2-5,12,16H,6-10H2,1H3. The van der Waals surface area contributed by atoms with Crippen LogP contribution in [0.5, 0.6) is 0 Å². The first kappa shape index (κ1) is 15.9. The van der Waals surface area contributed by atoms with Crippen molar-refractivity contribution < 1.29 is 17.6 Å². The van der Waals surface area contributed by atoms with Gasteiger partial charge in [0.15, 0.2) is 0 Å². The van der Waals surface area contributed by atoms with Gasteiger partial charge in [0.2, 0.25) is 15.9 Å². The second kappa shape index (κ2) is 6.53. The van der Waals surface area contributed by atoms with Crippen LogP contribution in [0.2, 0.25) is 0 Å². The van der Waals surface area contributed by atoms with E-state index in [1.165, 1.54) is 18.2 Å². The number of nitrogens with one attached hydrogen (secondary N) is 1. The molecule has 1 heterocycles. The van der Waals surface area contributed by atoms with Crippen LogP contribution in [0.3, 0.4) is 0 Å². The van der Waals surface area contributed by atoms with Gasteiger partial charge in [-0.3, -0.25) is 4.79 Å². The topological polar surface area (TPSA) is 66.5 Å². The molecule has 0 bridgehead atoms. The summed E-state index contributed by atoms with van der Waals surface area (Å²) in [6.07, 6.45) is 1.36. The first-order chi connectivity index (χ1) is 9.87. The Kier molecular flexibility index (Phi) is 4.95. The fourth-order valence-corrected chi connectivity index (χ4v) is 3.81. The monoisotopic (exact) mass is 314 g/mol. The first-order valence-electron chi connectivity index (χ1n) is 6.85. The fraction of sp³-hybridized carbons (Fsp3) is 0.500. The Morgan fingerprint density at radius 1 is 1.33 bits per heavy atom. The largest absolute Gasteiger partial charge is 0.346 e. The third kappa shape index (κ3) is 4.50. The van der Waals surface area contributed by atoms with Crippen LogP contribution in [0.15, 0.2) is 24.3 Å². The summed E-state index contributed by atoms with van der Waals surface area (Å²) in [5.41, 5.74) is 0.145. The van der Waals surface area contributed by atoms with Crippen molar-refractivity contribution in [3.63, 3.8) is 0 Å². The van der Waals surface area contributed by atoms with Crippen LogP contribution in [-0.2, 0) is 20.6 Å². The highest BCUT2D eigenvalue weighted by molar-refractivity contribution is 7.88. The van der Waals surface area contributed by atoms with E-state index in [4.69, 9.17) is 0 Å². The number of nitrogens with zero attached hydrogens (tertiary/aromatic N) is 1. The Bertz CT molecular complexity index is 618. The average molecular weight is 314 g/mol. The van der Waals surface area contributed by atoms with Crippen LogP contribution in [-0.4, -0.2) is 38.9 Å². The maximum absolute atomic E-state index is 13.5. The molecular formula is C14H19FN2O3S. The van der Waals surface area contributed by atoms with Crippen molar-refractivity contribution in [3.05, 3.63) is 35.6 Å². The van der Waals surface area contributed by atoms with Crippen molar-refractivity contribution >= 4 is 15.9 Å². The lowest BCUT2D eigenvalue weighted by Crippen LogP contribution is -2.36. The van der Waals surface area contributed by atoms with Crippen molar-refractivity contribution in [2.45, 2.75) is 31.1 Å². The number of rotatable bonds is 4. The maximum atomic E-state index is 13.5. The summed E-state index contributed by atoms with van der Waals surface area (Å²) >= 11 is 0. The molecule has 1 aliphatic rings. The molecule has 1 fully saturated rings. The van der Waals surface area contributed by atoms with Crippen LogP contribution in [0.4, 0.5) is 4.39 Å². The number of halogens is 1. The number of hydrogen-bond donors (Lipinski definition) is 1. The van der Waals surface area contributed by atoms with Crippen LogP contribution in [0.1, 0.15) is 24.8 Å². The van der Waals surface area contributed by atoms with Crippen LogP contribution < -0.4 is 4.72 Å². The zero-order valence-corrected chi connectivity index (χ0v) is 12.7. The molecule has 0 radical (unpaired) electrons. The molecule has 0 aromatic heterocycles. The van der Waals surface area contributed by atoms with Crippen LogP contribution >= 0.6 is 0 Å². The second-order valence-corrected chi connectivity index (χ2v) is 7.06. The van der Waals surface area contributed by atoms with Crippen molar-refractivity contribution in [2.75, 3.05) is 13.6 Å². The van der Waals surface area contributed by atoms with Crippen molar-refractivity contribution in [3.8, 4) is 0 Å². The van der Waals surface area contributed by atoms with Gasteiger partial charge in [0, 0.05) is 31.6 Å². The number of benzene rings is 1. The Balaban J connectivity index is 2.01. The van der Waals surface area contributed by atoms with E-state index in [1.54, 1.807) is 18.0 Å². The SMILES string of the molecule is CN1CCC(NS(=O)(=O)Cc2ccccc2F)CCC1=O. The smallest absolute Gasteiger partial charge is 0.222 e. The number of likely N-dealkylation sites (tertiary alicyclic amines) is 1. The molecule has 21 heavy (non-hydrogen) atoms. The normalized spacial score (nSPS) is 20.4. The molecular weight excluding hydrogens is 295 g/mol. The maximum Gasteiger partial charge on any atom is 0.222 e. The summed E-state index contributed by atoms with van der Waals surface area (Å²) in [4.78, 5) is 13.2. The fourth-order valence-electron chi connectivity index (χ4n) is 2.34. The van der Waals surface area contributed by atoms with E-state index in [9.17, 15) is 17.6 Å². The Hall–Kier alpha value is -1.47. The minimum atomic E-state index is -3.63. The van der Waals surface area contributed by atoms with E-state index >= 15 is 0 Å². The summed E-state index contributed by atoms with van der Waals surface area (Å²) in [5, 5.41) is 0. The molecule has 1 atom stereocenters. The van der Waals surface area contributed by atoms with E-state index in [2.05, 4.69) is 4.72 Å². The lowest BCUT2D eigenvalue weighted by molar-refractivity contribution is -0.129. The highest BCUT2D eigenvalue weighted by Crippen LogP contribution is 2.14. The molecule has 1 saturated heterocycles. The molecule has 1 aromatic rings. The molecule has 0 spiro atoms. The molecule has 1 aliphatic heterocycles. The predicted molar refractivity (Wildman–Crippen MR) is 77.4 cm³/mol. The molecule has 1 amide bonds. The van der Waals surface area contributed by atoms with Gasteiger partial charge in [-0.25, -0.2) is 17.5 Å². The summed E-state index contributed by atoms with van der Waals surface area (Å²) in [5.74, 6) is -0.899. The van der Waals surface area contributed by atoms with E-state index in [1.807, 2.05) is 0 Å². The lowest BCUT2D eigenvalue weighted by Gasteiger charge is -2.17. The lowest BCUT2D eigenvalue weighted by atomic mass is 10.1. The molecule has 116 valence electrons. The second-order valence-electron chi connectivity index (χ2n) is 5.31. The van der Waals surface area contributed by atoms with E-state index < -0.39 is 15.8 Å². The zero-order chi connectivity index (χ0) is 15.5. The van der Waals surface area contributed by atoms with Gasteiger partial charge in [-0.1, -0.05) is 18.2 Å². The van der Waals surface area contributed by atoms with Gasteiger partial charge in [-0.2, -0.15) is 0 Å². The van der Waals surface area contributed by atoms with Crippen LogP contribution in [0, 0.1) is 5.82 Å². The molecule has 1 N–H and O–H groups in total. The van der Waals surface area contributed by atoms with Crippen molar-refractivity contribution in [2.24, 2.45) is 0 Å².